The number of phosphoric ester groups is 1. The Morgan fingerprint density at radius 3 is 1.12 bits per heavy atom. The van der Waals surface area contributed by atoms with Gasteiger partial charge < -0.3 is 19.8 Å². The Hall–Kier alpha value is -1.80. The van der Waals surface area contributed by atoms with E-state index in [1.165, 1.54) is 244 Å². The van der Waals surface area contributed by atoms with Gasteiger partial charge >= 0.3 is 7.82 Å². The highest BCUT2D eigenvalue weighted by Gasteiger charge is 2.28. The average molecular weight is 1100 g/mol. The summed E-state index contributed by atoms with van der Waals surface area (Å²) in [5, 5.41) is 14.0. The molecule has 0 bridgehead atoms. The van der Waals surface area contributed by atoms with Gasteiger partial charge in [-0.3, -0.25) is 13.8 Å². The number of hydrogen-bond acceptors (Lipinski definition) is 5. The molecule has 0 rings (SSSR count). The number of phosphoric acid groups is 1. The molecule has 0 heterocycles. The van der Waals surface area contributed by atoms with Gasteiger partial charge in [-0.2, -0.15) is 0 Å². The van der Waals surface area contributed by atoms with E-state index in [2.05, 4.69) is 67.8 Å². The highest BCUT2D eigenvalue weighted by Crippen LogP contribution is 2.43. The fourth-order valence-electron chi connectivity index (χ4n) is 9.75. The highest BCUT2D eigenvalue weighted by atomic mass is 31.2. The number of likely N-dealkylation sites (N-methyl/N-ethyl adjacent to an activating group) is 1. The summed E-state index contributed by atoms with van der Waals surface area (Å²) in [7, 11) is 1.55. The Labute approximate surface area is 479 Å². The fraction of sp³-hybridized carbons (Fsp3) is 0.838. The predicted molar refractivity (Wildman–Crippen MR) is 337 cm³/mol. The third kappa shape index (κ3) is 61.7. The molecule has 0 aromatic carbocycles. The first-order valence-electron chi connectivity index (χ1n) is 33.2. The maximum Gasteiger partial charge on any atom is 0.472 e. The predicted octanol–water partition coefficient (Wildman–Crippen LogP) is 20.8. The van der Waals surface area contributed by atoms with Crippen molar-refractivity contribution < 1.29 is 32.9 Å². The van der Waals surface area contributed by atoms with Gasteiger partial charge in [0.05, 0.1) is 39.9 Å². The molecular formula is C68H130N2O6P+. The normalized spacial score (nSPS) is 14.1. The van der Waals surface area contributed by atoms with E-state index < -0.39 is 20.0 Å². The number of rotatable bonds is 61. The number of carbonyl (C=O) groups is 1. The molecule has 0 aliphatic rings. The molecule has 0 radical (unpaired) electrons. The summed E-state index contributed by atoms with van der Waals surface area (Å²) in [6.07, 6.45) is 80.8. The molecule has 0 aliphatic heterocycles. The lowest BCUT2D eigenvalue weighted by atomic mass is 10.0. The zero-order valence-electron chi connectivity index (χ0n) is 51.7. The zero-order chi connectivity index (χ0) is 56.3. The third-order valence-corrected chi connectivity index (χ3v) is 15.9. The summed E-state index contributed by atoms with van der Waals surface area (Å²) in [5.74, 6) is -0.191. The lowest BCUT2D eigenvalue weighted by Crippen LogP contribution is -2.45. The number of nitrogens with one attached hydrogen (secondary N) is 1. The summed E-state index contributed by atoms with van der Waals surface area (Å²) in [4.78, 5) is 23.4. The Morgan fingerprint density at radius 2 is 0.753 bits per heavy atom. The van der Waals surface area contributed by atoms with Crippen LogP contribution in [0.25, 0.3) is 0 Å². The number of unbranched alkanes of at least 4 members (excludes halogenated alkanes) is 40. The molecule has 3 N–H and O–H groups in total. The minimum absolute atomic E-state index is 0.0518. The number of allylic oxidation sites excluding steroid dienone is 9. The number of hydrogen-bond donors (Lipinski definition) is 3. The van der Waals surface area contributed by atoms with Crippen LogP contribution in [0, 0.1) is 0 Å². The average Bonchev–Trinajstić information content (AvgIpc) is 3.39. The van der Waals surface area contributed by atoms with Gasteiger partial charge in [0, 0.05) is 6.42 Å². The van der Waals surface area contributed by atoms with E-state index in [0.717, 1.165) is 51.4 Å². The van der Waals surface area contributed by atoms with E-state index in [1.54, 1.807) is 6.08 Å². The molecule has 0 aromatic heterocycles. The summed E-state index contributed by atoms with van der Waals surface area (Å²) >= 11 is 0. The van der Waals surface area contributed by atoms with E-state index in [4.69, 9.17) is 9.05 Å². The second kappa shape index (κ2) is 58.8. The minimum atomic E-state index is -4.37. The molecule has 0 saturated heterocycles. The van der Waals surface area contributed by atoms with Crippen molar-refractivity contribution in [3.63, 3.8) is 0 Å². The van der Waals surface area contributed by atoms with Crippen molar-refractivity contribution in [1.82, 2.24) is 5.32 Å². The maximum absolute atomic E-state index is 13.0. The molecule has 3 atom stereocenters. The molecule has 0 aromatic rings. The molecule has 8 nitrogen and oxygen atoms in total. The van der Waals surface area contributed by atoms with Crippen LogP contribution in [0.3, 0.4) is 0 Å². The van der Waals surface area contributed by atoms with Crippen LogP contribution in [0.5, 0.6) is 0 Å². The number of aliphatic hydroxyl groups is 1. The monoisotopic (exact) mass is 1100 g/mol. The largest absolute Gasteiger partial charge is 0.472 e. The minimum Gasteiger partial charge on any atom is -0.387 e. The number of amides is 1. The van der Waals surface area contributed by atoms with E-state index in [1.807, 2.05) is 27.2 Å². The van der Waals surface area contributed by atoms with Gasteiger partial charge in [0.2, 0.25) is 5.91 Å². The Morgan fingerprint density at radius 1 is 0.442 bits per heavy atom. The fourth-order valence-corrected chi connectivity index (χ4v) is 10.5. The molecule has 0 saturated carbocycles. The summed E-state index contributed by atoms with van der Waals surface area (Å²) in [5.41, 5.74) is 0. The van der Waals surface area contributed by atoms with Crippen molar-refractivity contribution in [2.75, 3.05) is 40.9 Å². The SMILES string of the molecule is CCCCCCC/C=C\C/C=C\CCCCCCCCCCCCCC(=O)NC(COP(=O)(O)OCC[N+](C)(C)C)C(O)/C=C/CC/C=C/CC/C=C/CCCCCCCCCCCCCCCCCCCCCCCC. The topological polar surface area (TPSA) is 105 Å². The van der Waals surface area contributed by atoms with E-state index >= 15 is 0 Å². The highest BCUT2D eigenvalue weighted by molar-refractivity contribution is 7.47. The van der Waals surface area contributed by atoms with Crippen LogP contribution in [0.2, 0.25) is 0 Å². The Bertz CT molecular complexity index is 1440. The lowest BCUT2D eigenvalue weighted by molar-refractivity contribution is -0.870. The van der Waals surface area contributed by atoms with Crippen LogP contribution >= 0.6 is 7.82 Å². The van der Waals surface area contributed by atoms with Gasteiger partial charge in [-0.25, -0.2) is 4.57 Å². The van der Waals surface area contributed by atoms with Gasteiger partial charge in [-0.15, -0.1) is 0 Å². The Kier molecular flexibility index (Phi) is 57.5. The van der Waals surface area contributed by atoms with Crippen LogP contribution in [-0.4, -0.2) is 73.4 Å². The molecule has 77 heavy (non-hydrogen) atoms. The van der Waals surface area contributed by atoms with E-state index in [9.17, 15) is 19.4 Å². The van der Waals surface area contributed by atoms with Crippen molar-refractivity contribution in [3.8, 4) is 0 Å². The van der Waals surface area contributed by atoms with Crippen LogP contribution in [0.4, 0.5) is 0 Å². The first-order chi connectivity index (χ1) is 37.5. The summed E-state index contributed by atoms with van der Waals surface area (Å²) in [6.45, 7) is 4.81. The van der Waals surface area contributed by atoms with Crippen molar-refractivity contribution in [1.29, 1.82) is 0 Å². The lowest BCUT2D eigenvalue weighted by Gasteiger charge is -2.25. The van der Waals surface area contributed by atoms with Crippen LogP contribution in [0.1, 0.15) is 316 Å². The van der Waals surface area contributed by atoms with Gasteiger partial charge in [-0.05, 0) is 77.0 Å². The first kappa shape index (κ1) is 75.2. The van der Waals surface area contributed by atoms with Gasteiger partial charge in [-0.1, -0.05) is 293 Å². The number of carbonyl (C=O) groups excluding carboxylic acids is 1. The zero-order valence-corrected chi connectivity index (χ0v) is 52.6. The van der Waals surface area contributed by atoms with Crippen molar-refractivity contribution in [2.24, 2.45) is 0 Å². The standard InChI is InChI=1S/C68H129N2O6P/c1-6-8-10-12-14-16-18-20-22-24-26-28-30-31-32-33-34-35-36-37-38-40-41-43-45-47-49-51-53-55-57-59-61-67(71)66(65-76-77(73,74)75-64-63-70(3,4)5)69-68(72)62-60-58-56-54-52-50-48-46-44-42-39-29-27-25-23-21-19-17-15-13-11-9-7-2/h19,21,25,27,43,45,51,53,59,61,66-67,71H,6-18,20,22-24,26,28-42,44,46-50,52,54-58,60,62-65H2,1-5H3,(H-,69,72,73,74)/p+1/b21-19-,27-25-,45-43+,53-51+,61-59+. The van der Waals surface area contributed by atoms with Gasteiger partial charge in [0.1, 0.15) is 13.2 Å². The van der Waals surface area contributed by atoms with Gasteiger partial charge in [0.25, 0.3) is 0 Å². The molecule has 0 fully saturated rings. The van der Waals surface area contributed by atoms with E-state index in [-0.39, 0.29) is 19.1 Å². The molecule has 9 heteroatoms. The maximum atomic E-state index is 13.0. The third-order valence-electron chi connectivity index (χ3n) is 14.9. The molecule has 0 aliphatic carbocycles. The van der Waals surface area contributed by atoms with Gasteiger partial charge in [0.15, 0.2) is 0 Å². The molecule has 0 spiro atoms. The summed E-state index contributed by atoms with van der Waals surface area (Å²) < 4.78 is 23.8. The van der Waals surface area contributed by atoms with Crippen LogP contribution in [0.15, 0.2) is 60.8 Å². The molecule has 452 valence electrons. The van der Waals surface area contributed by atoms with Crippen LogP contribution < -0.4 is 5.32 Å². The van der Waals surface area contributed by atoms with Crippen molar-refractivity contribution in [2.45, 2.75) is 328 Å². The van der Waals surface area contributed by atoms with Crippen LogP contribution in [-0.2, 0) is 18.4 Å². The number of quaternary nitrogens is 1. The summed E-state index contributed by atoms with van der Waals surface area (Å²) in [6, 6.07) is -0.875. The second-order valence-corrected chi connectivity index (χ2v) is 25.3. The number of nitrogens with zero attached hydrogens (tertiary/aromatic N) is 1. The first-order valence-corrected chi connectivity index (χ1v) is 34.7. The smallest absolute Gasteiger partial charge is 0.387 e. The second-order valence-electron chi connectivity index (χ2n) is 23.8. The van der Waals surface area contributed by atoms with E-state index in [0.29, 0.717) is 17.4 Å². The molecule has 1 amide bonds. The Balaban J connectivity index is 4.17. The van der Waals surface area contributed by atoms with Crippen molar-refractivity contribution in [3.05, 3.63) is 60.8 Å². The number of aliphatic hydroxyl groups excluding tert-OH is 1. The van der Waals surface area contributed by atoms with Crippen molar-refractivity contribution >= 4 is 13.7 Å². The molecule has 3 unspecified atom stereocenters. The quantitative estimate of drug-likeness (QED) is 0.0243. The molecular weight excluding hydrogens is 972 g/mol.